The minimum atomic E-state index is -0.676. The Bertz CT molecular complexity index is 1080. The van der Waals surface area contributed by atoms with Crippen molar-refractivity contribution in [3.8, 4) is 0 Å². The molecule has 0 fully saturated rings. The maximum absolute atomic E-state index is 13.2. The molecule has 0 spiro atoms. The second-order valence-corrected chi connectivity index (χ2v) is 8.82. The lowest BCUT2D eigenvalue weighted by Gasteiger charge is -2.27. The highest BCUT2D eigenvalue weighted by atomic mass is 35.5. The van der Waals surface area contributed by atoms with E-state index in [4.69, 9.17) is 21.2 Å². The number of aliphatic hydroxyl groups excluding tert-OH is 1. The van der Waals surface area contributed by atoms with E-state index in [2.05, 4.69) is 10.1 Å². The first-order valence-electron chi connectivity index (χ1n) is 11.3. The van der Waals surface area contributed by atoms with Crippen LogP contribution in [0.25, 0.3) is 0 Å². The van der Waals surface area contributed by atoms with E-state index in [1.54, 1.807) is 12.1 Å². The molecule has 4 rings (SSSR count). The molecule has 1 N–H and O–H groups in total. The van der Waals surface area contributed by atoms with Crippen LogP contribution in [0, 0.1) is 5.82 Å². The first-order valence-corrected chi connectivity index (χ1v) is 11.7. The minimum absolute atomic E-state index is 0.181. The number of hydrogen-bond donors (Lipinski definition) is 1. The molecular formula is C27H28ClFN2O3. The van der Waals surface area contributed by atoms with Gasteiger partial charge >= 0.3 is 0 Å². The third kappa shape index (κ3) is 7.11. The Kier molecular flexibility index (Phi) is 8.66. The lowest BCUT2D eigenvalue weighted by atomic mass is 10.0. The lowest BCUT2D eigenvalue weighted by Crippen LogP contribution is -2.39. The molecule has 0 saturated heterocycles. The number of ether oxygens (including phenoxy) is 1. The van der Waals surface area contributed by atoms with Crippen molar-refractivity contribution < 1.29 is 19.1 Å². The van der Waals surface area contributed by atoms with Gasteiger partial charge in [0.15, 0.2) is 0 Å². The molecule has 178 valence electrons. The number of aliphatic hydroxyl groups is 1. The van der Waals surface area contributed by atoms with Crippen LogP contribution >= 0.6 is 11.6 Å². The monoisotopic (exact) mass is 482 g/mol. The summed E-state index contributed by atoms with van der Waals surface area (Å²) in [6.45, 7) is 2.17. The van der Waals surface area contributed by atoms with Gasteiger partial charge in [0.25, 0.3) is 0 Å². The van der Waals surface area contributed by atoms with Gasteiger partial charge in [0.1, 0.15) is 11.9 Å². The van der Waals surface area contributed by atoms with Gasteiger partial charge in [0.05, 0.1) is 25.0 Å². The van der Waals surface area contributed by atoms with Crippen LogP contribution in [0.2, 0.25) is 5.02 Å². The smallest absolute Gasteiger partial charge is 0.145 e. The van der Waals surface area contributed by atoms with Gasteiger partial charge in [-0.05, 0) is 34.9 Å². The molecule has 1 aliphatic rings. The second-order valence-electron chi connectivity index (χ2n) is 8.42. The van der Waals surface area contributed by atoms with Gasteiger partial charge in [-0.3, -0.25) is 4.90 Å². The van der Waals surface area contributed by atoms with Crippen molar-refractivity contribution in [3.63, 3.8) is 0 Å². The van der Waals surface area contributed by atoms with Gasteiger partial charge in [-0.2, -0.15) is 0 Å². The fraction of sp³-hybridized carbons (Fsp3) is 0.296. The summed E-state index contributed by atoms with van der Waals surface area (Å²) in [5.74, 6) is -0.283. The highest BCUT2D eigenvalue weighted by molar-refractivity contribution is 6.31. The van der Waals surface area contributed by atoms with Crippen molar-refractivity contribution in [3.05, 3.63) is 106 Å². The molecule has 0 aliphatic carbocycles. The van der Waals surface area contributed by atoms with Gasteiger partial charge < -0.3 is 14.7 Å². The van der Waals surface area contributed by atoms with Crippen molar-refractivity contribution in [2.24, 2.45) is 5.16 Å². The fourth-order valence-electron chi connectivity index (χ4n) is 3.94. The van der Waals surface area contributed by atoms with E-state index in [9.17, 15) is 9.50 Å². The Balaban J connectivity index is 1.35. The average molecular weight is 483 g/mol. The number of hydrogen-bond acceptors (Lipinski definition) is 5. The van der Waals surface area contributed by atoms with E-state index in [1.165, 1.54) is 12.1 Å². The van der Waals surface area contributed by atoms with Crippen LogP contribution in [-0.4, -0.2) is 47.6 Å². The van der Waals surface area contributed by atoms with Gasteiger partial charge in [0, 0.05) is 31.1 Å². The molecule has 0 radical (unpaired) electrons. The number of rotatable bonds is 11. The van der Waals surface area contributed by atoms with Crippen molar-refractivity contribution in [2.45, 2.75) is 31.8 Å². The number of nitrogens with zero attached hydrogens (tertiary/aromatic N) is 2. The zero-order valence-corrected chi connectivity index (χ0v) is 19.6. The Morgan fingerprint density at radius 1 is 1.06 bits per heavy atom. The van der Waals surface area contributed by atoms with E-state index in [-0.39, 0.29) is 18.5 Å². The largest absolute Gasteiger partial charge is 0.390 e. The summed E-state index contributed by atoms with van der Waals surface area (Å²) in [7, 11) is 0. The predicted molar refractivity (Wildman–Crippen MR) is 131 cm³/mol. The Morgan fingerprint density at radius 3 is 2.56 bits per heavy atom. The number of halogens is 2. The summed E-state index contributed by atoms with van der Waals surface area (Å²) in [5.41, 5.74) is 3.66. The third-order valence-electron chi connectivity index (χ3n) is 5.61. The molecule has 0 aromatic heterocycles. The summed E-state index contributed by atoms with van der Waals surface area (Å²) < 4.78 is 19.0. The van der Waals surface area contributed by atoms with E-state index < -0.39 is 6.10 Å². The molecule has 0 saturated carbocycles. The van der Waals surface area contributed by atoms with Crippen LogP contribution in [0.4, 0.5) is 4.39 Å². The molecule has 5 nitrogen and oxygen atoms in total. The maximum atomic E-state index is 13.2. The summed E-state index contributed by atoms with van der Waals surface area (Å²) in [6, 6.07) is 23.8. The SMILES string of the molecule is O[C@H](COCc1ccccc1)CN(Cc1ccccc1Cl)C[C@H]1CC(c2ccc(F)cc2)=NO1. The van der Waals surface area contributed by atoms with Crippen molar-refractivity contribution in [1.82, 2.24) is 4.90 Å². The van der Waals surface area contributed by atoms with Crippen LogP contribution in [0.5, 0.6) is 0 Å². The summed E-state index contributed by atoms with van der Waals surface area (Å²) in [6.07, 6.45) is -0.254. The normalized spacial score (nSPS) is 16.4. The van der Waals surface area contributed by atoms with Gasteiger partial charge in [0.2, 0.25) is 0 Å². The first kappa shape index (κ1) is 24.4. The van der Waals surface area contributed by atoms with Gasteiger partial charge in [-0.25, -0.2) is 4.39 Å². The summed E-state index contributed by atoms with van der Waals surface area (Å²) >= 11 is 6.39. The first-order chi connectivity index (χ1) is 16.6. The van der Waals surface area contributed by atoms with Gasteiger partial charge in [-0.1, -0.05) is 77.4 Å². The predicted octanol–water partition coefficient (Wildman–Crippen LogP) is 5.05. The van der Waals surface area contributed by atoms with Crippen LogP contribution in [0.1, 0.15) is 23.1 Å². The van der Waals surface area contributed by atoms with E-state index in [1.807, 2.05) is 54.6 Å². The standard InChI is InChI=1S/C27H28ClFN2O3/c28-26-9-5-4-8-22(26)15-31(16-24(32)19-33-18-20-6-2-1-3-7-20)17-25-14-27(30-34-25)21-10-12-23(29)13-11-21/h1-13,24-25,32H,14-19H2/t24-,25+/m0/s1. The summed E-state index contributed by atoms with van der Waals surface area (Å²) in [4.78, 5) is 7.78. The molecule has 0 unspecified atom stereocenters. The Labute approximate surface area is 204 Å². The topological polar surface area (TPSA) is 54.3 Å². The zero-order chi connectivity index (χ0) is 23.8. The number of oxime groups is 1. The quantitative estimate of drug-likeness (QED) is 0.415. The van der Waals surface area contributed by atoms with E-state index in [0.717, 1.165) is 22.4 Å². The molecule has 1 aliphatic heterocycles. The molecule has 0 bridgehead atoms. The minimum Gasteiger partial charge on any atom is -0.390 e. The Morgan fingerprint density at radius 2 is 1.79 bits per heavy atom. The molecule has 3 aromatic rings. The van der Waals surface area contributed by atoms with E-state index in [0.29, 0.717) is 37.7 Å². The maximum Gasteiger partial charge on any atom is 0.145 e. The van der Waals surface area contributed by atoms with Crippen molar-refractivity contribution in [1.29, 1.82) is 0 Å². The van der Waals surface area contributed by atoms with Gasteiger partial charge in [-0.15, -0.1) is 0 Å². The highest BCUT2D eigenvalue weighted by Crippen LogP contribution is 2.21. The fourth-order valence-corrected chi connectivity index (χ4v) is 4.13. The van der Waals surface area contributed by atoms with Crippen molar-refractivity contribution in [2.75, 3.05) is 19.7 Å². The second kappa shape index (κ2) is 12.1. The number of benzene rings is 3. The van der Waals surface area contributed by atoms with E-state index >= 15 is 0 Å². The Hall–Kier alpha value is -2.77. The molecule has 3 aromatic carbocycles. The molecule has 1 heterocycles. The molecule has 34 heavy (non-hydrogen) atoms. The molecule has 2 atom stereocenters. The van der Waals surface area contributed by atoms with Crippen LogP contribution < -0.4 is 0 Å². The molecule has 0 amide bonds. The zero-order valence-electron chi connectivity index (χ0n) is 18.8. The highest BCUT2D eigenvalue weighted by Gasteiger charge is 2.26. The van der Waals surface area contributed by atoms with Crippen LogP contribution in [0.15, 0.2) is 84.0 Å². The average Bonchev–Trinajstić information content (AvgIpc) is 3.30. The van der Waals surface area contributed by atoms with Crippen molar-refractivity contribution >= 4 is 17.3 Å². The molecule has 7 heteroatoms. The third-order valence-corrected chi connectivity index (χ3v) is 5.98. The van der Waals surface area contributed by atoms with Crippen LogP contribution in [-0.2, 0) is 22.7 Å². The molecular weight excluding hydrogens is 455 g/mol. The lowest BCUT2D eigenvalue weighted by molar-refractivity contribution is -0.00648. The summed E-state index contributed by atoms with van der Waals surface area (Å²) in [5, 5.41) is 15.6. The van der Waals surface area contributed by atoms with Crippen LogP contribution in [0.3, 0.4) is 0 Å².